The van der Waals surface area contributed by atoms with Crippen molar-refractivity contribution in [3.05, 3.63) is 35.4 Å². The van der Waals surface area contributed by atoms with Crippen molar-refractivity contribution in [2.45, 2.75) is 12.2 Å². The molecule has 1 saturated heterocycles. The molecule has 0 aliphatic carbocycles. The number of alkyl halides is 3. The van der Waals surface area contributed by atoms with Crippen LogP contribution in [0.3, 0.4) is 0 Å². The van der Waals surface area contributed by atoms with E-state index in [0.717, 1.165) is 6.07 Å². The summed E-state index contributed by atoms with van der Waals surface area (Å²) in [4.78, 5) is 16.0. The molecule has 1 amide bonds. The summed E-state index contributed by atoms with van der Waals surface area (Å²) in [6.07, 6.45) is -4.54. The van der Waals surface area contributed by atoms with Crippen molar-refractivity contribution in [3.8, 4) is 0 Å². The average molecular weight is 301 g/mol. The van der Waals surface area contributed by atoms with Gasteiger partial charge in [0, 0.05) is 26.2 Å². The second kappa shape index (κ2) is 6.03. The molecule has 1 aromatic rings. The van der Waals surface area contributed by atoms with Crippen LogP contribution in [0.5, 0.6) is 0 Å². The predicted octanol–water partition coefficient (Wildman–Crippen LogP) is 1.42. The second-order valence-corrected chi connectivity index (χ2v) is 5.19. The van der Waals surface area contributed by atoms with Crippen LogP contribution < -0.4 is 5.73 Å². The second-order valence-electron chi connectivity index (χ2n) is 5.19. The lowest BCUT2D eigenvalue weighted by Gasteiger charge is -2.39. The minimum absolute atomic E-state index is 0.226. The van der Waals surface area contributed by atoms with Gasteiger partial charge in [-0.05, 0) is 19.2 Å². The summed E-state index contributed by atoms with van der Waals surface area (Å²) in [5.41, 5.74) is 4.44. The van der Waals surface area contributed by atoms with Gasteiger partial charge in [0.2, 0.25) is 0 Å². The number of hydrogen-bond donors (Lipinski definition) is 1. The molecule has 1 aliphatic rings. The Morgan fingerprint density at radius 1 is 1.33 bits per heavy atom. The molecule has 2 rings (SSSR count). The van der Waals surface area contributed by atoms with Crippen molar-refractivity contribution in [3.63, 3.8) is 0 Å². The first-order chi connectivity index (χ1) is 9.84. The number of nitrogens with zero attached hydrogens (tertiary/aromatic N) is 2. The maximum atomic E-state index is 13.0. The summed E-state index contributed by atoms with van der Waals surface area (Å²) in [7, 11) is 1.90. The van der Waals surface area contributed by atoms with Gasteiger partial charge in [-0.1, -0.05) is 12.1 Å². The smallest absolute Gasteiger partial charge is 0.332 e. The summed E-state index contributed by atoms with van der Waals surface area (Å²) in [6, 6.07) is 4.61. The van der Waals surface area contributed by atoms with Gasteiger partial charge in [0.25, 0.3) is 5.91 Å². The summed E-state index contributed by atoms with van der Waals surface area (Å²) >= 11 is 0. The zero-order chi connectivity index (χ0) is 15.6. The molecule has 0 bridgehead atoms. The molecular weight excluding hydrogens is 283 g/mol. The molecule has 0 saturated carbocycles. The van der Waals surface area contributed by atoms with Crippen molar-refractivity contribution in [1.29, 1.82) is 0 Å². The summed E-state index contributed by atoms with van der Waals surface area (Å²) in [5, 5.41) is 0. The number of amides is 1. The Bertz CT molecular complexity index is 518. The zero-order valence-electron chi connectivity index (χ0n) is 11.7. The molecule has 1 fully saturated rings. The van der Waals surface area contributed by atoms with E-state index < -0.39 is 17.6 Å². The summed E-state index contributed by atoms with van der Waals surface area (Å²) in [6.45, 7) is 1.79. The highest BCUT2D eigenvalue weighted by atomic mass is 19.4. The number of likely N-dealkylation sites (N-methyl/N-ethyl adjacent to an activating group) is 1. The molecule has 116 valence electrons. The van der Waals surface area contributed by atoms with Gasteiger partial charge in [-0.3, -0.25) is 4.79 Å². The van der Waals surface area contributed by atoms with Crippen LogP contribution >= 0.6 is 0 Å². The molecule has 0 spiro atoms. The number of rotatable bonds is 2. The molecule has 4 nitrogen and oxygen atoms in total. The standard InChI is InChI=1S/C14H18F3N3O/c1-19-6-7-20(10(8-18)9-19)13(21)11-4-2-3-5-12(11)14(15,16)17/h2-5,10H,6-9,18H2,1H3. The Kier molecular flexibility index (Phi) is 4.53. The van der Waals surface area contributed by atoms with E-state index in [2.05, 4.69) is 0 Å². The number of halogens is 3. The van der Waals surface area contributed by atoms with Crippen molar-refractivity contribution < 1.29 is 18.0 Å². The molecular formula is C14H18F3N3O. The number of benzene rings is 1. The van der Waals surface area contributed by atoms with Crippen molar-refractivity contribution in [2.75, 3.05) is 33.2 Å². The Labute approximate surface area is 121 Å². The lowest BCUT2D eigenvalue weighted by molar-refractivity contribution is -0.138. The van der Waals surface area contributed by atoms with Gasteiger partial charge in [0.1, 0.15) is 0 Å². The van der Waals surface area contributed by atoms with Crippen LogP contribution in [0.15, 0.2) is 24.3 Å². The first kappa shape index (κ1) is 15.8. The van der Waals surface area contributed by atoms with Gasteiger partial charge in [0.15, 0.2) is 0 Å². The van der Waals surface area contributed by atoms with Crippen LogP contribution in [0.1, 0.15) is 15.9 Å². The summed E-state index contributed by atoms with van der Waals surface area (Å²) in [5.74, 6) is -0.605. The van der Waals surface area contributed by atoms with Crippen LogP contribution in [0.25, 0.3) is 0 Å². The molecule has 1 aliphatic heterocycles. The number of hydrogen-bond acceptors (Lipinski definition) is 3. The number of carbonyl (C=O) groups excluding carboxylic acids is 1. The maximum Gasteiger partial charge on any atom is 0.417 e. The largest absolute Gasteiger partial charge is 0.417 e. The van der Waals surface area contributed by atoms with Crippen LogP contribution in [-0.4, -0.2) is 55.0 Å². The average Bonchev–Trinajstić information content (AvgIpc) is 2.45. The fourth-order valence-electron chi connectivity index (χ4n) is 2.55. The van der Waals surface area contributed by atoms with Crippen LogP contribution in [0, 0.1) is 0 Å². The van der Waals surface area contributed by atoms with Gasteiger partial charge in [-0.2, -0.15) is 13.2 Å². The van der Waals surface area contributed by atoms with E-state index in [4.69, 9.17) is 5.73 Å². The van der Waals surface area contributed by atoms with Crippen molar-refractivity contribution in [2.24, 2.45) is 5.73 Å². The van der Waals surface area contributed by atoms with Gasteiger partial charge >= 0.3 is 6.18 Å². The van der Waals surface area contributed by atoms with E-state index >= 15 is 0 Å². The fraction of sp³-hybridized carbons (Fsp3) is 0.500. The first-order valence-electron chi connectivity index (χ1n) is 6.70. The van der Waals surface area contributed by atoms with E-state index in [0.29, 0.717) is 19.6 Å². The quantitative estimate of drug-likeness (QED) is 0.899. The first-order valence-corrected chi connectivity index (χ1v) is 6.70. The molecule has 7 heteroatoms. The predicted molar refractivity (Wildman–Crippen MR) is 72.8 cm³/mol. The molecule has 0 radical (unpaired) electrons. The van der Waals surface area contributed by atoms with E-state index in [1.165, 1.54) is 23.1 Å². The monoisotopic (exact) mass is 301 g/mol. The highest BCUT2D eigenvalue weighted by Crippen LogP contribution is 2.32. The number of carbonyl (C=O) groups is 1. The molecule has 21 heavy (non-hydrogen) atoms. The van der Waals surface area contributed by atoms with Gasteiger partial charge in [0.05, 0.1) is 17.2 Å². The minimum Gasteiger partial charge on any atom is -0.332 e. The Morgan fingerprint density at radius 2 is 2.00 bits per heavy atom. The van der Waals surface area contributed by atoms with Gasteiger partial charge in [-0.25, -0.2) is 0 Å². The van der Waals surface area contributed by atoms with E-state index in [1.54, 1.807) is 0 Å². The van der Waals surface area contributed by atoms with Crippen LogP contribution in [-0.2, 0) is 6.18 Å². The lowest BCUT2D eigenvalue weighted by Crippen LogP contribution is -2.56. The molecule has 1 heterocycles. The third kappa shape index (κ3) is 3.36. The Morgan fingerprint density at radius 3 is 2.62 bits per heavy atom. The van der Waals surface area contributed by atoms with E-state index in [-0.39, 0.29) is 18.2 Å². The Hall–Kier alpha value is -1.60. The number of piperazine rings is 1. The number of nitrogens with two attached hydrogens (primary N) is 1. The third-order valence-electron chi connectivity index (χ3n) is 3.68. The van der Waals surface area contributed by atoms with Gasteiger partial charge < -0.3 is 15.5 Å². The minimum atomic E-state index is -4.54. The van der Waals surface area contributed by atoms with Crippen molar-refractivity contribution in [1.82, 2.24) is 9.80 Å². The molecule has 0 aromatic heterocycles. The van der Waals surface area contributed by atoms with Gasteiger partial charge in [-0.15, -0.1) is 0 Å². The van der Waals surface area contributed by atoms with Crippen LogP contribution in [0.4, 0.5) is 13.2 Å². The zero-order valence-corrected chi connectivity index (χ0v) is 11.7. The molecule has 1 aromatic carbocycles. The summed E-state index contributed by atoms with van der Waals surface area (Å²) < 4.78 is 39.0. The molecule has 1 atom stereocenters. The van der Waals surface area contributed by atoms with E-state index in [9.17, 15) is 18.0 Å². The Balaban J connectivity index is 2.32. The lowest BCUT2D eigenvalue weighted by atomic mass is 10.0. The highest BCUT2D eigenvalue weighted by Gasteiger charge is 2.37. The SMILES string of the molecule is CN1CCN(C(=O)c2ccccc2C(F)(F)F)C(CN)C1. The fourth-order valence-corrected chi connectivity index (χ4v) is 2.55. The molecule has 2 N–H and O–H groups in total. The van der Waals surface area contributed by atoms with E-state index in [1.807, 2.05) is 11.9 Å². The van der Waals surface area contributed by atoms with Crippen LogP contribution in [0.2, 0.25) is 0 Å². The third-order valence-corrected chi connectivity index (χ3v) is 3.68. The molecule has 1 unspecified atom stereocenters. The topological polar surface area (TPSA) is 49.6 Å². The maximum absolute atomic E-state index is 13.0. The van der Waals surface area contributed by atoms with Crippen molar-refractivity contribution >= 4 is 5.91 Å². The normalized spacial score (nSPS) is 20.6. The highest BCUT2D eigenvalue weighted by molar-refractivity contribution is 5.96.